The van der Waals surface area contributed by atoms with Crippen LogP contribution in [0.2, 0.25) is 0 Å². The maximum absolute atomic E-state index is 12.7. The fourth-order valence-electron chi connectivity index (χ4n) is 4.32. The Kier molecular flexibility index (Phi) is 3.28. The van der Waals surface area contributed by atoms with Crippen molar-refractivity contribution in [3.8, 4) is 11.5 Å². The Balaban J connectivity index is 1.44. The number of hydrazone groups is 1. The monoisotopic (exact) mass is 402 g/mol. The predicted octanol–water partition coefficient (Wildman–Crippen LogP) is 2.71. The highest BCUT2D eigenvalue weighted by molar-refractivity contribution is 9.10. The average Bonchev–Trinajstić information content (AvgIpc) is 3.18. The van der Waals surface area contributed by atoms with Crippen molar-refractivity contribution < 1.29 is 19.1 Å². The first-order chi connectivity index (χ1) is 12.1. The van der Waals surface area contributed by atoms with Crippen LogP contribution >= 0.6 is 15.9 Å². The van der Waals surface area contributed by atoms with Gasteiger partial charge in [0.15, 0.2) is 11.5 Å². The largest absolute Gasteiger partial charge is 0.454 e. The number of benzene rings is 1. The minimum atomic E-state index is -0.242. The van der Waals surface area contributed by atoms with Crippen LogP contribution in [0.1, 0.15) is 18.4 Å². The number of carbonyl (C=O) groups is 2. The molecule has 6 nitrogen and oxygen atoms in total. The first-order valence-electron chi connectivity index (χ1n) is 8.33. The Bertz CT molecular complexity index is 818. The second-order valence-corrected chi connectivity index (χ2v) is 7.66. The Morgan fingerprint density at radius 2 is 1.64 bits per heavy atom. The topological polar surface area (TPSA) is 68.2 Å². The summed E-state index contributed by atoms with van der Waals surface area (Å²) >= 11 is 3.45. The summed E-state index contributed by atoms with van der Waals surface area (Å²) in [6.45, 7) is 0.185. The van der Waals surface area contributed by atoms with Crippen LogP contribution in [-0.2, 0) is 9.59 Å². The summed E-state index contributed by atoms with van der Waals surface area (Å²) in [7, 11) is 0. The second kappa shape index (κ2) is 5.42. The fourth-order valence-corrected chi connectivity index (χ4v) is 4.75. The molecule has 0 aromatic heterocycles. The van der Waals surface area contributed by atoms with Gasteiger partial charge in [0, 0.05) is 10.0 Å². The molecule has 2 aliphatic heterocycles. The van der Waals surface area contributed by atoms with Crippen LogP contribution in [0.5, 0.6) is 11.5 Å². The van der Waals surface area contributed by atoms with E-state index in [0.29, 0.717) is 11.5 Å². The maximum atomic E-state index is 12.7. The number of carbonyl (C=O) groups excluding carboxylic acids is 2. The van der Waals surface area contributed by atoms with E-state index in [1.165, 1.54) is 6.21 Å². The molecule has 0 spiro atoms. The van der Waals surface area contributed by atoms with E-state index in [2.05, 4.69) is 33.2 Å². The predicted molar refractivity (Wildman–Crippen MR) is 92.0 cm³/mol. The van der Waals surface area contributed by atoms with Gasteiger partial charge in [-0.1, -0.05) is 12.2 Å². The molecule has 2 fully saturated rings. The molecule has 6 rings (SSSR count). The third-order valence-corrected chi connectivity index (χ3v) is 6.23. The number of allylic oxidation sites excluding steroid dienone is 2. The standard InChI is InChI=1S/C18H15BrN2O4/c19-12-6-14-13(24-8-25-14)5-11(12)7-20-21-17(22)15-9-1-2-10(4-3-9)16(15)18(21)23/h1-2,5-7,9-10,15-16H,3-4,8H2. The van der Waals surface area contributed by atoms with Gasteiger partial charge in [-0.15, -0.1) is 0 Å². The lowest BCUT2D eigenvalue weighted by molar-refractivity contribution is -0.140. The molecule has 4 unspecified atom stereocenters. The number of nitrogens with zero attached hydrogens (tertiary/aromatic N) is 2. The molecule has 25 heavy (non-hydrogen) atoms. The van der Waals surface area contributed by atoms with Gasteiger partial charge < -0.3 is 9.47 Å². The molecule has 128 valence electrons. The molecule has 2 bridgehead atoms. The molecule has 2 heterocycles. The molecule has 4 atom stereocenters. The molecular formula is C18H15BrN2O4. The van der Waals surface area contributed by atoms with Crippen molar-refractivity contribution in [3.63, 3.8) is 0 Å². The number of ether oxygens (including phenoxy) is 2. The zero-order valence-corrected chi connectivity index (χ0v) is 14.8. The molecule has 1 saturated heterocycles. The average molecular weight is 403 g/mol. The summed E-state index contributed by atoms with van der Waals surface area (Å²) < 4.78 is 11.4. The molecule has 1 aromatic carbocycles. The minimum Gasteiger partial charge on any atom is -0.454 e. The van der Waals surface area contributed by atoms with Crippen molar-refractivity contribution in [2.75, 3.05) is 6.79 Å². The Labute approximate surface area is 152 Å². The summed E-state index contributed by atoms with van der Waals surface area (Å²) in [6.07, 6.45) is 7.68. The lowest BCUT2D eigenvalue weighted by atomic mass is 9.63. The summed E-state index contributed by atoms with van der Waals surface area (Å²) in [5.74, 6) is 0.782. The normalized spacial score (nSPS) is 32.1. The SMILES string of the molecule is O=C1C2C3C=CC(CC3)C2C(=O)N1N=Cc1cc2c(cc1Br)OCO2. The highest BCUT2D eigenvalue weighted by Crippen LogP contribution is 2.49. The van der Waals surface area contributed by atoms with Crippen LogP contribution in [0.3, 0.4) is 0 Å². The van der Waals surface area contributed by atoms with E-state index in [-0.39, 0.29) is 42.3 Å². The summed E-state index contributed by atoms with van der Waals surface area (Å²) in [5.41, 5.74) is 0.723. The molecule has 5 aliphatic rings. The molecule has 1 aromatic rings. The second-order valence-electron chi connectivity index (χ2n) is 6.80. The van der Waals surface area contributed by atoms with E-state index in [4.69, 9.17) is 9.47 Å². The molecule has 3 aliphatic carbocycles. The van der Waals surface area contributed by atoms with Gasteiger partial charge in [-0.2, -0.15) is 10.1 Å². The van der Waals surface area contributed by atoms with Crippen LogP contribution in [0, 0.1) is 23.7 Å². The van der Waals surface area contributed by atoms with Crippen LogP contribution in [0.15, 0.2) is 33.9 Å². The molecule has 2 amide bonds. The number of amides is 2. The minimum absolute atomic E-state index is 0.170. The smallest absolute Gasteiger partial charge is 0.254 e. The van der Waals surface area contributed by atoms with Crippen LogP contribution in [0.4, 0.5) is 0 Å². The number of fused-ring (bicyclic) bond motifs is 2. The number of rotatable bonds is 2. The highest BCUT2D eigenvalue weighted by atomic mass is 79.9. The number of imide groups is 1. The maximum Gasteiger partial charge on any atom is 0.254 e. The van der Waals surface area contributed by atoms with Crippen molar-refractivity contribution in [2.45, 2.75) is 12.8 Å². The van der Waals surface area contributed by atoms with Crippen LogP contribution in [-0.4, -0.2) is 29.8 Å². The molecule has 1 saturated carbocycles. The zero-order valence-electron chi connectivity index (χ0n) is 13.2. The lowest BCUT2D eigenvalue weighted by Crippen LogP contribution is -2.38. The van der Waals surface area contributed by atoms with Gasteiger partial charge in [0.2, 0.25) is 6.79 Å². The first kappa shape index (κ1) is 15.1. The number of hydrogen-bond donors (Lipinski definition) is 0. The Morgan fingerprint density at radius 1 is 1.04 bits per heavy atom. The number of halogens is 1. The van der Waals surface area contributed by atoms with Crippen LogP contribution < -0.4 is 9.47 Å². The van der Waals surface area contributed by atoms with E-state index < -0.39 is 0 Å². The van der Waals surface area contributed by atoms with Gasteiger partial charge in [-0.25, -0.2) is 0 Å². The van der Waals surface area contributed by atoms with Crippen molar-refractivity contribution in [1.82, 2.24) is 5.01 Å². The molecule has 0 radical (unpaired) electrons. The summed E-state index contributed by atoms with van der Waals surface area (Å²) in [5, 5.41) is 5.28. The zero-order chi connectivity index (χ0) is 17.1. The highest BCUT2D eigenvalue weighted by Gasteiger charge is 2.56. The van der Waals surface area contributed by atoms with Gasteiger partial charge in [0.1, 0.15) is 0 Å². The quantitative estimate of drug-likeness (QED) is 0.433. The van der Waals surface area contributed by atoms with Crippen molar-refractivity contribution in [2.24, 2.45) is 28.8 Å². The summed E-state index contributed by atoms with van der Waals surface area (Å²) in [6, 6.07) is 3.57. The van der Waals surface area contributed by atoms with E-state index >= 15 is 0 Å². The van der Waals surface area contributed by atoms with Crippen molar-refractivity contribution in [1.29, 1.82) is 0 Å². The van der Waals surface area contributed by atoms with E-state index in [9.17, 15) is 9.59 Å². The van der Waals surface area contributed by atoms with Crippen molar-refractivity contribution in [3.05, 3.63) is 34.3 Å². The van der Waals surface area contributed by atoms with Gasteiger partial charge >= 0.3 is 0 Å². The number of hydrogen-bond acceptors (Lipinski definition) is 5. The Morgan fingerprint density at radius 3 is 2.24 bits per heavy atom. The third-order valence-electron chi connectivity index (χ3n) is 5.54. The van der Waals surface area contributed by atoms with Gasteiger partial charge in [0.25, 0.3) is 11.8 Å². The molecular weight excluding hydrogens is 388 g/mol. The summed E-state index contributed by atoms with van der Waals surface area (Å²) in [4.78, 5) is 25.5. The van der Waals surface area contributed by atoms with Gasteiger partial charge in [0.05, 0.1) is 18.1 Å². The van der Waals surface area contributed by atoms with E-state index in [1.807, 2.05) is 0 Å². The van der Waals surface area contributed by atoms with Crippen LogP contribution in [0.25, 0.3) is 0 Å². The van der Waals surface area contributed by atoms with Gasteiger partial charge in [-0.05, 0) is 52.7 Å². The van der Waals surface area contributed by atoms with Crippen molar-refractivity contribution >= 4 is 34.0 Å². The first-order valence-corrected chi connectivity index (χ1v) is 9.12. The lowest BCUT2D eigenvalue weighted by Gasteiger charge is -2.37. The molecule has 7 heteroatoms. The fraction of sp³-hybridized carbons (Fsp3) is 0.389. The van der Waals surface area contributed by atoms with Gasteiger partial charge in [-0.3, -0.25) is 9.59 Å². The molecule has 0 N–H and O–H groups in total. The Hall–Kier alpha value is -2.15. The van der Waals surface area contributed by atoms with E-state index in [0.717, 1.165) is 27.9 Å². The van der Waals surface area contributed by atoms with E-state index in [1.54, 1.807) is 12.1 Å². The third kappa shape index (κ3) is 2.18.